The Labute approximate surface area is 99.2 Å². The van der Waals surface area contributed by atoms with Gasteiger partial charge in [-0.3, -0.25) is 0 Å². The van der Waals surface area contributed by atoms with Crippen LogP contribution in [-0.4, -0.2) is 47.8 Å². The molecule has 0 amide bonds. The summed E-state index contributed by atoms with van der Waals surface area (Å²) in [6.07, 6.45) is 4.59. The van der Waals surface area contributed by atoms with Crippen LogP contribution in [0.3, 0.4) is 0 Å². The zero-order valence-electron chi connectivity index (χ0n) is 10.7. The van der Waals surface area contributed by atoms with Crippen LogP contribution >= 0.6 is 0 Å². The molecule has 3 heteroatoms. The highest BCUT2D eigenvalue weighted by molar-refractivity contribution is 4.84. The van der Waals surface area contributed by atoms with Gasteiger partial charge in [-0.15, -0.1) is 0 Å². The van der Waals surface area contributed by atoms with Crippen molar-refractivity contribution < 1.29 is 5.11 Å². The summed E-state index contributed by atoms with van der Waals surface area (Å²) in [5.74, 6) is 0.734. The number of nitrogens with zero attached hydrogens (tertiary/aromatic N) is 1. The summed E-state index contributed by atoms with van der Waals surface area (Å²) in [6.45, 7) is 8.15. The normalized spacial score (nSPS) is 33.0. The Kier molecular flexibility index (Phi) is 4.22. The number of hydrogen-bond acceptors (Lipinski definition) is 3. The fourth-order valence-corrected chi connectivity index (χ4v) is 2.82. The van der Waals surface area contributed by atoms with E-state index in [0.29, 0.717) is 12.1 Å². The van der Waals surface area contributed by atoms with Crippen LogP contribution in [0.2, 0.25) is 0 Å². The van der Waals surface area contributed by atoms with E-state index in [9.17, 15) is 5.11 Å². The number of aliphatic hydroxyl groups excluding tert-OH is 1. The van der Waals surface area contributed by atoms with Gasteiger partial charge in [-0.25, -0.2) is 0 Å². The molecule has 3 nitrogen and oxygen atoms in total. The molecule has 0 spiro atoms. The van der Waals surface area contributed by atoms with Crippen LogP contribution in [0.1, 0.15) is 39.5 Å². The van der Waals surface area contributed by atoms with Gasteiger partial charge >= 0.3 is 0 Å². The van der Waals surface area contributed by atoms with Crippen LogP contribution in [0, 0.1) is 5.92 Å². The summed E-state index contributed by atoms with van der Waals surface area (Å²) in [6, 6.07) is 1.41. The fraction of sp³-hybridized carbons (Fsp3) is 1.00. The first-order valence-corrected chi connectivity index (χ1v) is 6.80. The third-order valence-electron chi connectivity index (χ3n) is 4.17. The lowest BCUT2D eigenvalue weighted by atomic mass is 9.82. The second kappa shape index (κ2) is 5.48. The first kappa shape index (κ1) is 12.3. The monoisotopic (exact) mass is 226 g/mol. The summed E-state index contributed by atoms with van der Waals surface area (Å²) < 4.78 is 0. The number of nitrogens with one attached hydrogen (secondary N) is 1. The van der Waals surface area contributed by atoms with Crippen molar-refractivity contribution >= 4 is 0 Å². The largest absolute Gasteiger partial charge is 0.393 e. The highest BCUT2D eigenvalue weighted by Crippen LogP contribution is 2.26. The molecule has 0 unspecified atom stereocenters. The van der Waals surface area contributed by atoms with Crippen molar-refractivity contribution in [1.82, 2.24) is 10.2 Å². The molecular formula is C13H26N2O. The highest BCUT2D eigenvalue weighted by Gasteiger charge is 2.28. The summed E-state index contributed by atoms with van der Waals surface area (Å²) in [5, 5.41) is 12.9. The first-order chi connectivity index (χ1) is 7.65. The van der Waals surface area contributed by atoms with Crippen molar-refractivity contribution in [2.24, 2.45) is 5.92 Å². The smallest absolute Gasteiger partial charge is 0.0546 e. The minimum Gasteiger partial charge on any atom is -0.393 e. The molecule has 1 aliphatic carbocycles. The third kappa shape index (κ3) is 3.19. The Bertz CT molecular complexity index is 206. The summed E-state index contributed by atoms with van der Waals surface area (Å²) >= 11 is 0. The second-order valence-electron chi connectivity index (χ2n) is 5.80. The van der Waals surface area contributed by atoms with Crippen LogP contribution in [0.25, 0.3) is 0 Å². The lowest BCUT2D eigenvalue weighted by molar-refractivity contribution is 0.0401. The minimum atomic E-state index is -0.00501. The molecule has 0 atom stereocenters. The van der Waals surface area contributed by atoms with Gasteiger partial charge in [0.25, 0.3) is 0 Å². The predicted octanol–water partition coefficient (Wildman–Crippen LogP) is 1.22. The predicted molar refractivity (Wildman–Crippen MR) is 66.5 cm³/mol. The van der Waals surface area contributed by atoms with Crippen LogP contribution < -0.4 is 5.32 Å². The number of likely N-dealkylation sites (tertiary alicyclic amines) is 1. The van der Waals surface area contributed by atoms with E-state index in [2.05, 4.69) is 24.1 Å². The average molecular weight is 226 g/mol. The molecular weight excluding hydrogens is 200 g/mol. The van der Waals surface area contributed by atoms with E-state index < -0.39 is 0 Å². The maximum atomic E-state index is 9.22. The zero-order chi connectivity index (χ0) is 11.5. The van der Waals surface area contributed by atoms with Gasteiger partial charge in [0.05, 0.1) is 6.10 Å². The molecule has 1 saturated carbocycles. The van der Waals surface area contributed by atoms with Gasteiger partial charge < -0.3 is 15.3 Å². The van der Waals surface area contributed by atoms with Crippen LogP contribution in [0.4, 0.5) is 0 Å². The first-order valence-electron chi connectivity index (χ1n) is 6.80. The molecule has 0 aromatic heterocycles. The van der Waals surface area contributed by atoms with Crippen molar-refractivity contribution in [3.05, 3.63) is 0 Å². The Morgan fingerprint density at radius 3 is 2.38 bits per heavy atom. The summed E-state index contributed by atoms with van der Waals surface area (Å²) in [7, 11) is 0. The van der Waals surface area contributed by atoms with Crippen molar-refractivity contribution in [3.63, 3.8) is 0 Å². The van der Waals surface area contributed by atoms with E-state index in [-0.39, 0.29) is 6.10 Å². The van der Waals surface area contributed by atoms with Crippen molar-refractivity contribution in [2.45, 2.75) is 57.7 Å². The van der Waals surface area contributed by atoms with Crippen molar-refractivity contribution in [2.75, 3.05) is 19.6 Å². The Morgan fingerprint density at radius 1 is 1.25 bits per heavy atom. The Balaban J connectivity index is 1.58. The van der Waals surface area contributed by atoms with Gasteiger partial charge in [0, 0.05) is 12.1 Å². The molecule has 0 aromatic carbocycles. The van der Waals surface area contributed by atoms with Gasteiger partial charge in [0.2, 0.25) is 0 Å². The second-order valence-corrected chi connectivity index (χ2v) is 5.80. The number of piperidine rings is 1. The van der Waals surface area contributed by atoms with Gasteiger partial charge in [0.15, 0.2) is 0 Å². The van der Waals surface area contributed by atoms with Crippen LogP contribution in [0.15, 0.2) is 0 Å². The van der Waals surface area contributed by atoms with Crippen molar-refractivity contribution in [1.29, 1.82) is 0 Å². The summed E-state index contributed by atoms with van der Waals surface area (Å²) in [4.78, 5) is 2.56. The molecule has 2 rings (SSSR count). The molecule has 0 aromatic rings. The molecule has 94 valence electrons. The van der Waals surface area contributed by atoms with E-state index >= 15 is 0 Å². The van der Waals surface area contributed by atoms with E-state index in [1.165, 1.54) is 25.9 Å². The van der Waals surface area contributed by atoms with Gasteiger partial charge in [-0.2, -0.15) is 0 Å². The summed E-state index contributed by atoms with van der Waals surface area (Å²) in [5.41, 5.74) is 0. The quantitative estimate of drug-likeness (QED) is 0.756. The van der Waals surface area contributed by atoms with Crippen molar-refractivity contribution in [3.8, 4) is 0 Å². The molecule has 16 heavy (non-hydrogen) atoms. The maximum Gasteiger partial charge on any atom is 0.0546 e. The lowest BCUT2D eigenvalue weighted by Gasteiger charge is -2.37. The minimum absolute atomic E-state index is 0.00501. The van der Waals surface area contributed by atoms with Crippen LogP contribution in [-0.2, 0) is 0 Å². The molecule has 1 saturated heterocycles. The molecule has 2 aliphatic rings. The molecule has 1 heterocycles. The number of hydrogen-bond donors (Lipinski definition) is 2. The Morgan fingerprint density at radius 2 is 1.88 bits per heavy atom. The molecule has 0 bridgehead atoms. The van der Waals surface area contributed by atoms with Crippen LogP contribution in [0.5, 0.6) is 0 Å². The van der Waals surface area contributed by atoms with E-state index in [0.717, 1.165) is 25.3 Å². The molecule has 0 radical (unpaired) electrons. The van der Waals surface area contributed by atoms with Gasteiger partial charge in [-0.05, 0) is 65.1 Å². The molecule has 2 fully saturated rings. The molecule has 1 aliphatic heterocycles. The zero-order valence-corrected chi connectivity index (χ0v) is 10.7. The maximum absolute atomic E-state index is 9.22. The van der Waals surface area contributed by atoms with Gasteiger partial charge in [-0.1, -0.05) is 0 Å². The van der Waals surface area contributed by atoms with E-state index in [1.807, 2.05) is 0 Å². The number of rotatable bonds is 4. The third-order valence-corrected chi connectivity index (χ3v) is 4.17. The highest BCUT2D eigenvalue weighted by atomic mass is 16.3. The van der Waals surface area contributed by atoms with E-state index in [4.69, 9.17) is 0 Å². The van der Waals surface area contributed by atoms with E-state index in [1.54, 1.807) is 0 Å². The Hall–Kier alpha value is -0.120. The topological polar surface area (TPSA) is 35.5 Å². The average Bonchev–Trinajstić information content (AvgIpc) is 2.23. The standard InChI is InChI=1S/C13H26N2O/c1-10(2)15-5-3-12(4-6-15)14-9-11-7-13(16)8-11/h10-14,16H,3-9H2,1-2H3. The SMILES string of the molecule is CC(C)N1CCC(NCC2CC(O)C2)CC1. The lowest BCUT2D eigenvalue weighted by Crippen LogP contribution is -2.47. The fourth-order valence-electron chi connectivity index (χ4n) is 2.82. The molecule has 2 N–H and O–H groups in total. The number of aliphatic hydroxyl groups is 1. The van der Waals surface area contributed by atoms with Gasteiger partial charge in [0.1, 0.15) is 0 Å².